The highest BCUT2D eigenvalue weighted by molar-refractivity contribution is 14.1. The van der Waals surface area contributed by atoms with E-state index in [-0.39, 0.29) is 9.26 Å². The van der Waals surface area contributed by atoms with Gasteiger partial charge in [-0.05, 0) is 34.7 Å². The van der Waals surface area contributed by atoms with Crippen molar-refractivity contribution in [1.29, 1.82) is 0 Å². The van der Waals surface area contributed by atoms with Gasteiger partial charge in [-0.15, -0.1) is 0 Å². The smallest absolute Gasteiger partial charge is 0.434 e. The van der Waals surface area contributed by atoms with Gasteiger partial charge in [0.15, 0.2) is 5.69 Å². The number of rotatable bonds is 2. The summed E-state index contributed by atoms with van der Waals surface area (Å²) in [5.41, 5.74) is -1.14. The molecule has 0 fully saturated rings. The third-order valence-corrected chi connectivity index (χ3v) is 2.38. The summed E-state index contributed by atoms with van der Waals surface area (Å²) < 4.78 is 37.0. The molecule has 3 nitrogen and oxygen atoms in total. The van der Waals surface area contributed by atoms with E-state index in [4.69, 9.17) is 5.11 Å². The van der Waals surface area contributed by atoms with Gasteiger partial charge in [-0.25, -0.2) is 4.98 Å². The fraction of sp³-hybridized carbons (Fsp3) is 0.250. The zero-order valence-electron chi connectivity index (χ0n) is 7.18. The van der Waals surface area contributed by atoms with Gasteiger partial charge in [-0.1, -0.05) is 0 Å². The Bertz CT molecular complexity index is 392. The van der Waals surface area contributed by atoms with Crippen LogP contribution in [-0.2, 0) is 17.4 Å². The fourth-order valence-electron chi connectivity index (χ4n) is 0.935. The largest absolute Gasteiger partial charge is 0.481 e. The first-order chi connectivity index (χ1) is 6.80. The summed E-state index contributed by atoms with van der Waals surface area (Å²) in [4.78, 5) is 13.6. The Kier molecular flexibility index (Phi) is 3.53. The number of hydrogen-bond acceptors (Lipinski definition) is 2. The number of halogens is 4. The van der Waals surface area contributed by atoms with Crippen molar-refractivity contribution in [2.45, 2.75) is 12.6 Å². The predicted octanol–water partition coefficient (Wildman–Crippen LogP) is 2.33. The number of aromatic nitrogens is 1. The first kappa shape index (κ1) is 12.2. The maximum Gasteiger partial charge on any atom is 0.434 e. The van der Waals surface area contributed by atoms with E-state index in [0.29, 0.717) is 0 Å². The lowest BCUT2D eigenvalue weighted by Crippen LogP contribution is -2.13. The molecule has 15 heavy (non-hydrogen) atoms. The highest BCUT2D eigenvalue weighted by Crippen LogP contribution is 2.31. The Morgan fingerprint density at radius 2 is 2.07 bits per heavy atom. The lowest BCUT2D eigenvalue weighted by molar-refractivity contribution is -0.142. The number of alkyl halides is 3. The summed E-state index contributed by atoms with van der Waals surface area (Å²) in [6, 6.07) is 2.47. The summed E-state index contributed by atoms with van der Waals surface area (Å²) in [5, 5.41) is 8.41. The maximum absolute atomic E-state index is 12.4. The zero-order chi connectivity index (χ0) is 11.6. The summed E-state index contributed by atoms with van der Waals surface area (Å²) in [6.45, 7) is 0. The van der Waals surface area contributed by atoms with Crippen molar-refractivity contribution in [3.8, 4) is 0 Å². The number of nitrogens with zero attached hydrogens (tertiary/aromatic N) is 1. The van der Waals surface area contributed by atoms with Crippen LogP contribution < -0.4 is 0 Å². The molecule has 1 N–H and O–H groups in total. The summed E-state index contributed by atoms with van der Waals surface area (Å²) in [5.74, 6) is -1.21. The molecule has 1 rings (SSSR count). The van der Waals surface area contributed by atoms with Crippen LogP contribution in [0.2, 0.25) is 0 Å². The van der Waals surface area contributed by atoms with Gasteiger partial charge in [0.05, 0.1) is 12.1 Å². The number of pyridine rings is 1. The van der Waals surface area contributed by atoms with Crippen LogP contribution in [0.1, 0.15) is 11.4 Å². The van der Waals surface area contributed by atoms with Gasteiger partial charge in [0, 0.05) is 3.57 Å². The second kappa shape index (κ2) is 4.33. The Morgan fingerprint density at radius 3 is 2.53 bits per heavy atom. The number of carboxylic acid groups (broad SMARTS) is 1. The molecule has 1 aromatic heterocycles. The van der Waals surface area contributed by atoms with E-state index in [2.05, 4.69) is 4.98 Å². The molecule has 0 radical (unpaired) electrons. The molecule has 0 amide bonds. The minimum atomic E-state index is -4.55. The average Bonchev–Trinajstić information content (AvgIpc) is 2.05. The molecule has 82 valence electrons. The van der Waals surface area contributed by atoms with E-state index in [1.807, 2.05) is 0 Å². The van der Waals surface area contributed by atoms with Crippen molar-refractivity contribution in [3.63, 3.8) is 0 Å². The lowest BCUT2D eigenvalue weighted by atomic mass is 10.2. The van der Waals surface area contributed by atoms with Crippen molar-refractivity contribution in [2.24, 2.45) is 0 Å². The zero-order valence-corrected chi connectivity index (χ0v) is 9.33. The highest BCUT2D eigenvalue weighted by atomic mass is 127. The van der Waals surface area contributed by atoms with Gasteiger partial charge >= 0.3 is 12.1 Å². The third-order valence-electron chi connectivity index (χ3n) is 1.50. The molecule has 0 bridgehead atoms. The third kappa shape index (κ3) is 3.33. The van der Waals surface area contributed by atoms with Gasteiger partial charge < -0.3 is 5.11 Å². The second-order valence-electron chi connectivity index (χ2n) is 2.70. The molecule has 0 aliphatic carbocycles. The molecule has 0 spiro atoms. The molecular weight excluding hydrogens is 326 g/mol. The minimum absolute atomic E-state index is 0.0470. The minimum Gasteiger partial charge on any atom is -0.481 e. The Labute approximate surface area is 96.5 Å². The number of carbonyl (C=O) groups is 1. The SMILES string of the molecule is O=C(O)Cc1ccc(I)c(C(F)(F)F)n1. The van der Waals surface area contributed by atoms with E-state index in [1.165, 1.54) is 34.7 Å². The van der Waals surface area contributed by atoms with Gasteiger partial charge in [0.2, 0.25) is 0 Å². The van der Waals surface area contributed by atoms with Crippen LogP contribution in [0.15, 0.2) is 12.1 Å². The normalized spacial score (nSPS) is 11.5. The van der Waals surface area contributed by atoms with Crippen LogP contribution in [0.3, 0.4) is 0 Å². The standard InChI is InChI=1S/C8H5F3INO2/c9-8(10,11)7-5(12)2-1-4(13-7)3-6(14)15/h1-2H,3H2,(H,14,15). The molecule has 1 heterocycles. The Balaban J connectivity index is 3.11. The number of hydrogen-bond donors (Lipinski definition) is 1. The van der Waals surface area contributed by atoms with Crippen LogP contribution in [-0.4, -0.2) is 16.1 Å². The maximum atomic E-state index is 12.4. The fourth-order valence-corrected chi connectivity index (χ4v) is 1.54. The molecule has 1 aromatic rings. The molecule has 0 unspecified atom stereocenters. The molecule has 0 saturated heterocycles. The quantitative estimate of drug-likeness (QED) is 0.847. The van der Waals surface area contributed by atoms with Crippen LogP contribution in [0.25, 0.3) is 0 Å². The summed E-state index contributed by atoms with van der Waals surface area (Å²) in [7, 11) is 0. The van der Waals surface area contributed by atoms with E-state index >= 15 is 0 Å². The average molecular weight is 331 g/mol. The van der Waals surface area contributed by atoms with Crippen molar-refractivity contribution < 1.29 is 23.1 Å². The Hall–Kier alpha value is -0.860. The molecule has 0 saturated carbocycles. The molecule has 7 heteroatoms. The van der Waals surface area contributed by atoms with Crippen molar-refractivity contribution in [3.05, 3.63) is 27.1 Å². The first-order valence-corrected chi connectivity index (χ1v) is 4.83. The topological polar surface area (TPSA) is 50.2 Å². The van der Waals surface area contributed by atoms with Gasteiger partial charge in [-0.2, -0.15) is 13.2 Å². The molecule has 0 aromatic carbocycles. The monoisotopic (exact) mass is 331 g/mol. The van der Waals surface area contributed by atoms with Crippen molar-refractivity contribution >= 4 is 28.6 Å². The molecule has 0 aliphatic heterocycles. The summed E-state index contributed by atoms with van der Waals surface area (Å²) >= 11 is 1.51. The highest BCUT2D eigenvalue weighted by Gasteiger charge is 2.35. The Morgan fingerprint density at radius 1 is 1.47 bits per heavy atom. The van der Waals surface area contributed by atoms with Crippen LogP contribution in [0, 0.1) is 3.57 Å². The van der Waals surface area contributed by atoms with E-state index in [1.54, 1.807) is 0 Å². The predicted molar refractivity (Wildman–Crippen MR) is 53.3 cm³/mol. The van der Waals surface area contributed by atoms with Gasteiger partial charge in [-0.3, -0.25) is 4.79 Å². The van der Waals surface area contributed by atoms with Gasteiger partial charge in [0.1, 0.15) is 0 Å². The van der Waals surface area contributed by atoms with E-state index in [0.717, 1.165) is 0 Å². The lowest BCUT2D eigenvalue weighted by Gasteiger charge is -2.08. The number of aliphatic carboxylic acids is 1. The van der Waals surface area contributed by atoms with E-state index in [9.17, 15) is 18.0 Å². The van der Waals surface area contributed by atoms with Crippen LogP contribution in [0.5, 0.6) is 0 Å². The van der Waals surface area contributed by atoms with Crippen molar-refractivity contribution in [1.82, 2.24) is 4.98 Å². The molecule has 0 atom stereocenters. The molecular formula is C8H5F3INO2. The van der Waals surface area contributed by atoms with Crippen LogP contribution >= 0.6 is 22.6 Å². The number of carboxylic acids is 1. The van der Waals surface area contributed by atoms with Crippen molar-refractivity contribution in [2.75, 3.05) is 0 Å². The first-order valence-electron chi connectivity index (χ1n) is 3.75. The summed E-state index contributed by atoms with van der Waals surface area (Å²) in [6.07, 6.45) is -5.06. The second-order valence-corrected chi connectivity index (χ2v) is 3.86. The van der Waals surface area contributed by atoms with Crippen LogP contribution in [0.4, 0.5) is 13.2 Å². The molecule has 0 aliphatic rings. The van der Waals surface area contributed by atoms with E-state index < -0.39 is 24.3 Å². The van der Waals surface area contributed by atoms with Gasteiger partial charge in [0.25, 0.3) is 0 Å².